The summed E-state index contributed by atoms with van der Waals surface area (Å²) in [6.07, 6.45) is 7.21. The van der Waals surface area contributed by atoms with Crippen molar-refractivity contribution in [2.75, 3.05) is 0 Å². The van der Waals surface area contributed by atoms with E-state index in [0.717, 1.165) is 71.3 Å². The standard InChI is InChI=1S/2C12H8N2.4C2H4O2.2Cd/c2*1-3-9-5-6-10-4-2-8-14-12(10)11(9)13-7-1;4*1-2(3)4;;/h2*1-8H;4*1H3,(H,3,4);;/q;;;;;;2*+2/p-4. The van der Waals surface area contributed by atoms with Crippen molar-refractivity contribution in [3.8, 4) is 0 Å². The van der Waals surface area contributed by atoms with Crippen molar-refractivity contribution < 1.29 is 94.2 Å². The number of hydrogen-bond acceptors (Lipinski definition) is 12. The van der Waals surface area contributed by atoms with Crippen LogP contribution in [0.25, 0.3) is 43.6 Å². The molecule has 0 spiro atoms. The van der Waals surface area contributed by atoms with Crippen LogP contribution in [0.4, 0.5) is 0 Å². The quantitative estimate of drug-likeness (QED) is 0.152. The Kier molecular flexibility index (Phi) is 23.0. The van der Waals surface area contributed by atoms with Gasteiger partial charge in [0.2, 0.25) is 0 Å². The molecule has 0 fully saturated rings. The van der Waals surface area contributed by atoms with Crippen LogP contribution < -0.4 is 20.4 Å². The van der Waals surface area contributed by atoms with Crippen molar-refractivity contribution in [1.82, 2.24) is 19.9 Å². The number of hydrogen-bond donors (Lipinski definition) is 0. The maximum atomic E-state index is 8.89. The molecule has 0 N–H and O–H groups in total. The van der Waals surface area contributed by atoms with Crippen molar-refractivity contribution >= 4 is 67.5 Å². The Morgan fingerprint density at radius 1 is 0.391 bits per heavy atom. The van der Waals surface area contributed by atoms with Gasteiger partial charge in [-0.1, -0.05) is 48.5 Å². The number of carboxylic acid groups (broad SMARTS) is 4. The fourth-order valence-corrected chi connectivity index (χ4v) is 3.36. The molecule has 0 atom stereocenters. The predicted molar refractivity (Wildman–Crippen MR) is 157 cm³/mol. The van der Waals surface area contributed by atoms with Crippen LogP contribution in [0.3, 0.4) is 0 Å². The zero-order valence-electron chi connectivity index (χ0n) is 25.7. The first-order valence-electron chi connectivity index (χ1n) is 12.7. The summed E-state index contributed by atoms with van der Waals surface area (Å²) in [6.45, 7) is 3.89. The molecule has 12 nitrogen and oxygen atoms in total. The Labute approximate surface area is 304 Å². The van der Waals surface area contributed by atoms with Crippen LogP contribution in [-0.4, -0.2) is 43.8 Å². The first-order chi connectivity index (χ1) is 20.8. The van der Waals surface area contributed by atoms with E-state index in [1.807, 2.05) is 24.3 Å². The molecule has 0 aliphatic rings. The molecule has 4 aromatic heterocycles. The minimum Gasteiger partial charge on any atom is -0.550 e. The third-order valence-electron chi connectivity index (χ3n) is 4.69. The number of aromatic nitrogens is 4. The second-order valence-corrected chi connectivity index (χ2v) is 8.40. The van der Waals surface area contributed by atoms with E-state index in [1.165, 1.54) is 0 Å². The first-order valence-corrected chi connectivity index (χ1v) is 12.7. The van der Waals surface area contributed by atoms with E-state index >= 15 is 0 Å². The summed E-state index contributed by atoms with van der Waals surface area (Å²) in [7, 11) is 0. The zero-order chi connectivity index (χ0) is 33.1. The first kappa shape index (κ1) is 43.9. The fraction of sp³-hybridized carbons (Fsp3) is 0.125. The monoisotopic (exact) mass is 824 g/mol. The maximum absolute atomic E-state index is 8.89. The van der Waals surface area contributed by atoms with Crippen LogP contribution in [0.5, 0.6) is 0 Å². The van der Waals surface area contributed by atoms with Crippen LogP contribution in [0.15, 0.2) is 97.6 Å². The number of carbonyl (C=O) groups is 4. The van der Waals surface area contributed by atoms with Gasteiger partial charge >= 0.3 is 54.6 Å². The number of rotatable bonds is 0. The van der Waals surface area contributed by atoms with Gasteiger partial charge in [0.15, 0.2) is 0 Å². The van der Waals surface area contributed by atoms with Gasteiger partial charge in [-0.25, -0.2) is 0 Å². The van der Waals surface area contributed by atoms with Crippen molar-refractivity contribution in [1.29, 1.82) is 0 Å². The average molecular weight is 821 g/mol. The molecule has 6 aromatic rings. The van der Waals surface area contributed by atoms with Crippen molar-refractivity contribution in [2.24, 2.45) is 0 Å². The Hall–Kier alpha value is -4.20. The van der Waals surface area contributed by atoms with Gasteiger partial charge < -0.3 is 39.6 Å². The number of pyridine rings is 4. The van der Waals surface area contributed by atoms with Gasteiger partial charge in [0.25, 0.3) is 0 Å². The number of carboxylic acids is 4. The Balaban J connectivity index is 0. The molecule has 0 amide bonds. The van der Waals surface area contributed by atoms with Gasteiger partial charge in [-0.3, -0.25) is 19.9 Å². The van der Waals surface area contributed by atoms with E-state index in [1.54, 1.807) is 24.8 Å². The molecule has 46 heavy (non-hydrogen) atoms. The van der Waals surface area contributed by atoms with E-state index in [2.05, 4.69) is 68.5 Å². The number of fused-ring (bicyclic) bond motifs is 6. The van der Waals surface area contributed by atoms with Crippen LogP contribution in [-0.2, 0) is 73.8 Å². The van der Waals surface area contributed by atoms with Crippen LogP contribution >= 0.6 is 0 Å². The van der Waals surface area contributed by atoms with E-state index in [0.29, 0.717) is 0 Å². The predicted octanol–water partition coefficient (Wildman–Crippen LogP) is 0.586. The SMILES string of the molecule is CC(=O)[O-].CC(=O)[O-].CC(=O)[O-].CC(=O)[O-].[Cd+2].[Cd+2].c1cnc2c(c1)ccc1cccnc12.c1cnc2c(c1)ccc1cccnc12. The van der Waals surface area contributed by atoms with Gasteiger partial charge in [-0.15, -0.1) is 0 Å². The van der Waals surface area contributed by atoms with Crippen molar-refractivity contribution in [3.63, 3.8) is 0 Å². The molecule has 6 rings (SSSR count). The van der Waals surface area contributed by atoms with Crippen LogP contribution in [0, 0.1) is 0 Å². The van der Waals surface area contributed by atoms with Crippen LogP contribution in [0.1, 0.15) is 27.7 Å². The minimum atomic E-state index is -1.08. The number of nitrogens with zero attached hydrogens (tertiary/aromatic N) is 4. The largest absolute Gasteiger partial charge is 2.00 e. The molecule has 14 heteroatoms. The van der Waals surface area contributed by atoms with Gasteiger partial charge in [-0.2, -0.15) is 0 Å². The molecule has 4 heterocycles. The molecule has 0 saturated heterocycles. The summed E-state index contributed by atoms with van der Waals surface area (Å²) in [5, 5.41) is 40.1. The summed E-state index contributed by atoms with van der Waals surface area (Å²) in [4.78, 5) is 52.9. The molecular formula is C32H28Cd2N4O8. The smallest absolute Gasteiger partial charge is 0.550 e. The summed E-state index contributed by atoms with van der Waals surface area (Å²) in [6, 6.07) is 24.3. The summed E-state index contributed by atoms with van der Waals surface area (Å²) in [5.41, 5.74) is 3.91. The third kappa shape index (κ3) is 17.9. The molecular weight excluding hydrogens is 793 g/mol. The van der Waals surface area contributed by atoms with Crippen LogP contribution in [0.2, 0.25) is 0 Å². The second-order valence-electron chi connectivity index (χ2n) is 8.40. The van der Waals surface area contributed by atoms with E-state index in [9.17, 15) is 0 Å². The van der Waals surface area contributed by atoms with Crippen molar-refractivity contribution in [2.45, 2.75) is 27.7 Å². The van der Waals surface area contributed by atoms with Gasteiger partial charge in [0, 0.05) is 70.2 Å². The molecule has 0 saturated carbocycles. The topological polar surface area (TPSA) is 212 Å². The van der Waals surface area contributed by atoms with Crippen molar-refractivity contribution in [3.05, 3.63) is 97.6 Å². The Bertz CT molecular complexity index is 1570. The molecule has 0 unspecified atom stereocenters. The van der Waals surface area contributed by atoms with E-state index in [4.69, 9.17) is 39.6 Å². The molecule has 228 valence electrons. The zero-order valence-corrected chi connectivity index (χ0v) is 33.8. The van der Waals surface area contributed by atoms with Gasteiger partial charge in [-0.05, 0) is 52.0 Å². The Morgan fingerprint density at radius 2 is 0.543 bits per heavy atom. The maximum Gasteiger partial charge on any atom is 2.00 e. The minimum absolute atomic E-state index is 0. The summed E-state index contributed by atoms with van der Waals surface area (Å²) in [5.74, 6) is -4.33. The second kappa shape index (κ2) is 24.1. The summed E-state index contributed by atoms with van der Waals surface area (Å²) >= 11 is 0. The molecule has 2 aromatic carbocycles. The molecule has 0 aliphatic heterocycles. The molecule has 0 radical (unpaired) electrons. The fourth-order valence-electron chi connectivity index (χ4n) is 3.36. The average Bonchev–Trinajstić information content (AvgIpc) is 2.96. The van der Waals surface area contributed by atoms with Gasteiger partial charge in [0.05, 0.1) is 22.1 Å². The molecule has 0 bridgehead atoms. The number of benzene rings is 2. The summed E-state index contributed by atoms with van der Waals surface area (Å²) < 4.78 is 0. The normalized spacial score (nSPS) is 8.78. The Morgan fingerprint density at radius 3 is 0.696 bits per heavy atom. The third-order valence-corrected chi connectivity index (χ3v) is 4.69. The number of aliphatic carboxylic acids is 4. The molecule has 0 aliphatic carbocycles. The van der Waals surface area contributed by atoms with E-state index < -0.39 is 23.9 Å². The number of carbonyl (C=O) groups excluding carboxylic acids is 4. The van der Waals surface area contributed by atoms with Gasteiger partial charge in [0.1, 0.15) is 0 Å². The van der Waals surface area contributed by atoms with E-state index in [-0.39, 0.29) is 54.6 Å².